The summed E-state index contributed by atoms with van der Waals surface area (Å²) >= 11 is 5.42. The van der Waals surface area contributed by atoms with Gasteiger partial charge in [0.15, 0.2) is 0 Å². The van der Waals surface area contributed by atoms with Gasteiger partial charge in [-0.2, -0.15) is 8.78 Å². The van der Waals surface area contributed by atoms with Crippen LogP contribution in [0.25, 0.3) is 0 Å². The smallest absolute Gasteiger partial charge is 0.285 e. The van der Waals surface area contributed by atoms with E-state index in [1.165, 1.54) is 24.3 Å². The molecule has 0 bridgehead atoms. The molecule has 0 radical (unpaired) electrons. The molecule has 0 fully saturated rings. The third-order valence-corrected chi connectivity index (χ3v) is 2.58. The van der Waals surface area contributed by atoms with Gasteiger partial charge in [-0.15, -0.1) is 11.6 Å². The fourth-order valence-corrected chi connectivity index (χ4v) is 1.84. The van der Waals surface area contributed by atoms with Gasteiger partial charge in [-0.05, 0) is 0 Å². The van der Waals surface area contributed by atoms with Crippen molar-refractivity contribution in [3.05, 3.63) is 35.9 Å². The minimum Gasteiger partial charge on any atom is -0.290 e. The molecule has 6 heteroatoms. The van der Waals surface area contributed by atoms with Gasteiger partial charge in [0, 0.05) is 18.0 Å². The van der Waals surface area contributed by atoms with Gasteiger partial charge >= 0.3 is 0 Å². The molecule has 0 aromatic heterocycles. The summed E-state index contributed by atoms with van der Waals surface area (Å²) in [5.74, 6) is -3.13. The average Bonchev–Trinajstić information content (AvgIpc) is 2.29. The Labute approximate surface area is 108 Å². The van der Waals surface area contributed by atoms with E-state index in [1.807, 2.05) is 0 Å². The first-order valence-corrected chi connectivity index (χ1v) is 5.99. The van der Waals surface area contributed by atoms with Crippen LogP contribution in [0.3, 0.4) is 0 Å². The van der Waals surface area contributed by atoms with E-state index in [1.54, 1.807) is 6.07 Å². The number of halogens is 5. The molecule has 0 saturated carbocycles. The highest BCUT2D eigenvalue weighted by Gasteiger charge is 2.34. The molecule has 0 atom stereocenters. The summed E-state index contributed by atoms with van der Waals surface area (Å²) < 4.78 is 52.2. The van der Waals surface area contributed by atoms with Gasteiger partial charge in [0.2, 0.25) is 0 Å². The van der Waals surface area contributed by atoms with Crippen molar-refractivity contribution < 1.29 is 17.6 Å². The predicted molar refractivity (Wildman–Crippen MR) is 63.5 cm³/mol. The molecule has 0 aliphatic carbocycles. The van der Waals surface area contributed by atoms with Crippen LogP contribution in [-0.4, -0.2) is 36.8 Å². The van der Waals surface area contributed by atoms with E-state index in [4.69, 9.17) is 11.6 Å². The van der Waals surface area contributed by atoms with E-state index in [9.17, 15) is 17.6 Å². The summed E-state index contributed by atoms with van der Waals surface area (Å²) in [5.41, 5.74) is -0.182. The maximum absolute atomic E-state index is 13.9. The molecule has 0 amide bonds. The van der Waals surface area contributed by atoms with Gasteiger partial charge in [0.05, 0.1) is 13.1 Å². The Kier molecular flexibility index (Phi) is 5.88. The van der Waals surface area contributed by atoms with Crippen molar-refractivity contribution in [3.63, 3.8) is 0 Å². The van der Waals surface area contributed by atoms with Crippen LogP contribution in [-0.2, 0) is 5.92 Å². The Morgan fingerprint density at radius 1 is 1.17 bits per heavy atom. The van der Waals surface area contributed by atoms with Crippen molar-refractivity contribution in [2.45, 2.75) is 12.3 Å². The summed E-state index contributed by atoms with van der Waals surface area (Å²) in [6, 6.07) is 7.16. The Balaban J connectivity index is 2.72. The molecule has 18 heavy (non-hydrogen) atoms. The molecule has 1 rings (SSSR count). The second-order valence-corrected chi connectivity index (χ2v) is 4.26. The van der Waals surface area contributed by atoms with Crippen LogP contribution in [0.1, 0.15) is 5.56 Å². The van der Waals surface area contributed by atoms with E-state index < -0.39 is 25.4 Å². The molecule has 0 spiro atoms. The first-order valence-electron chi connectivity index (χ1n) is 5.45. The maximum atomic E-state index is 13.9. The van der Waals surface area contributed by atoms with Crippen LogP contribution in [0.5, 0.6) is 0 Å². The number of nitrogens with zero attached hydrogens (tertiary/aromatic N) is 1. The summed E-state index contributed by atoms with van der Waals surface area (Å²) in [6.07, 6.45) is -2.65. The second-order valence-electron chi connectivity index (χ2n) is 3.89. The zero-order valence-corrected chi connectivity index (χ0v) is 10.4. The SMILES string of the molecule is FC(F)CN(CCCl)CC(F)(F)c1ccccc1. The van der Waals surface area contributed by atoms with Crippen molar-refractivity contribution in [2.75, 3.05) is 25.5 Å². The molecular weight excluding hydrogens is 270 g/mol. The van der Waals surface area contributed by atoms with Crippen molar-refractivity contribution in [3.8, 4) is 0 Å². The van der Waals surface area contributed by atoms with Crippen molar-refractivity contribution in [1.82, 2.24) is 4.90 Å². The lowest BCUT2D eigenvalue weighted by molar-refractivity contribution is -0.0472. The maximum Gasteiger partial charge on any atom is 0.285 e. The molecule has 0 aliphatic rings. The standard InChI is InChI=1S/C12H14ClF4N/c13-6-7-18(8-11(14)15)9-12(16,17)10-4-2-1-3-5-10/h1-5,11H,6-9H2. The van der Waals surface area contributed by atoms with Crippen LogP contribution >= 0.6 is 11.6 Å². The van der Waals surface area contributed by atoms with Crippen molar-refractivity contribution in [1.29, 1.82) is 0 Å². The summed E-state index contributed by atoms with van der Waals surface area (Å²) in [4.78, 5) is 0.977. The number of hydrogen-bond donors (Lipinski definition) is 0. The van der Waals surface area contributed by atoms with E-state index in [2.05, 4.69) is 0 Å². The van der Waals surface area contributed by atoms with E-state index in [0.29, 0.717) is 0 Å². The largest absolute Gasteiger partial charge is 0.290 e. The third kappa shape index (κ3) is 4.82. The van der Waals surface area contributed by atoms with Gasteiger partial charge < -0.3 is 0 Å². The van der Waals surface area contributed by atoms with Crippen LogP contribution in [0.15, 0.2) is 30.3 Å². The van der Waals surface area contributed by atoms with Gasteiger partial charge in [0.25, 0.3) is 12.3 Å². The van der Waals surface area contributed by atoms with Crippen molar-refractivity contribution >= 4 is 11.6 Å². The first kappa shape index (κ1) is 15.2. The van der Waals surface area contributed by atoms with Crippen LogP contribution in [0, 0.1) is 0 Å². The average molecular weight is 284 g/mol. The third-order valence-electron chi connectivity index (χ3n) is 2.42. The molecule has 0 aliphatic heterocycles. The summed E-state index contributed by atoms with van der Waals surface area (Å²) in [6.45, 7) is -1.45. The highest BCUT2D eigenvalue weighted by atomic mass is 35.5. The van der Waals surface area contributed by atoms with Gasteiger partial charge in [0.1, 0.15) is 0 Å². The minimum absolute atomic E-state index is 0.00825. The Hall–Kier alpha value is -0.810. The molecule has 1 aromatic carbocycles. The topological polar surface area (TPSA) is 3.24 Å². The van der Waals surface area contributed by atoms with Gasteiger partial charge in [-0.3, -0.25) is 4.90 Å². The Bertz CT molecular complexity index is 345. The number of rotatable bonds is 7. The lowest BCUT2D eigenvalue weighted by Crippen LogP contribution is -2.39. The summed E-state index contributed by atoms with van der Waals surface area (Å²) in [5, 5.41) is 0. The fraction of sp³-hybridized carbons (Fsp3) is 0.500. The molecule has 0 heterocycles. The molecule has 102 valence electrons. The first-order chi connectivity index (χ1) is 8.45. The quantitative estimate of drug-likeness (QED) is 0.546. The molecule has 1 nitrogen and oxygen atoms in total. The molecule has 0 saturated heterocycles. The lowest BCUT2D eigenvalue weighted by Gasteiger charge is -2.26. The highest BCUT2D eigenvalue weighted by molar-refractivity contribution is 6.18. The monoisotopic (exact) mass is 283 g/mol. The van der Waals surface area contributed by atoms with E-state index in [-0.39, 0.29) is 18.0 Å². The number of alkyl halides is 5. The Morgan fingerprint density at radius 3 is 2.28 bits per heavy atom. The van der Waals surface area contributed by atoms with E-state index >= 15 is 0 Å². The summed E-state index contributed by atoms with van der Waals surface area (Å²) in [7, 11) is 0. The Morgan fingerprint density at radius 2 is 1.78 bits per heavy atom. The van der Waals surface area contributed by atoms with Crippen LogP contribution in [0.4, 0.5) is 17.6 Å². The van der Waals surface area contributed by atoms with Gasteiger partial charge in [-0.25, -0.2) is 8.78 Å². The number of benzene rings is 1. The zero-order chi connectivity index (χ0) is 13.6. The second kappa shape index (κ2) is 6.95. The zero-order valence-electron chi connectivity index (χ0n) is 9.63. The molecule has 0 N–H and O–H groups in total. The molecular formula is C12H14ClF4N. The molecule has 1 aromatic rings. The predicted octanol–water partition coefficient (Wildman–Crippen LogP) is 3.58. The van der Waals surface area contributed by atoms with E-state index in [0.717, 1.165) is 4.90 Å². The fourth-order valence-electron chi connectivity index (χ4n) is 1.60. The van der Waals surface area contributed by atoms with Crippen molar-refractivity contribution in [2.24, 2.45) is 0 Å². The normalized spacial score (nSPS) is 12.4. The highest BCUT2D eigenvalue weighted by Crippen LogP contribution is 2.28. The minimum atomic E-state index is -3.16. The molecule has 0 unspecified atom stereocenters. The van der Waals surface area contributed by atoms with Crippen LogP contribution in [0.2, 0.25) is 0 Å². The van der Waals surface area contributed by atoms with Gasteiger partial charge in [-0.1, -0.05) is 30.3 Å². The number of hydrogen-bond acceptors (Lipinski definition) is 1. The van der Waals surface area contributed by atoms with Crippen LogP contribution < -0.4 is 0 Å². The lowest BCUT2D eigenvalue weighted by atomic mass is 10.1.